The highest BCUT2D eigenvalue weighted by atomic mass is 32.2. The van der Waals surface area contributed by atoms with Crippen LogP contribution in [0.25, 0.3) is 0 Å². The second kappa shape index (κ2) is 8.53. The van der Waals surface area contributed by atoms with Gasteiger partial charge in [0.1, 0.15) is 9.13 Å². The Balaban J connectivity index is 1.59. The molecule has 0 heterocycles. The van der Waals surface area contributed by atoms with Crippen molar-refractivity contribution < 1.29 is 19.8 Å². The summed E-state index contributed by atoms with van der Waals surface area (Å²) in [5.41, 5.74) is -0.965. The molecule has 0 aromatic heterocycles. The fourth-order valence-corrected chi connectivity index (χ4v) is 9.67. The molecule has 0 aromatic carbocycles. The molecule has 3 saturated carbocycles. The van der Waals surface area contributed by atoms with E-state index in [4.69, 9.17) is 12.2 Å². The lowest BCUT2D eigenvalue weighted by molar-refractivity contribution is -0.178. The lowest BCUT2D eigenvalue weighted by Crippen LogP contribution is -2.62. The summed E-state index contributed by atoms with van der Waals surface area (Å²) in [6, 6.07) is 0. The Kier molecular flexibility index (Phi) is 6.59. The molecule has 4 nitrogen and oxygen atoms in total. The number of rotatable bonds is 4. The lowest BCUT2D eigenvalue weighted by atomic mass is 9.45. The van der Waals surface area contributed by atoms with Crippen LogP contribution in [0.4, 0.5) is 0 Å². The highest BCUT2D eigenvalue weighted by Gasteiger charge is 2.68. The number of hydrogen-bond acceptors (Lipinski definition) is 7. The summed E-state index contributed by atoms with van der Waals surface area (Å²) >= 11 is 8.22. The Hall–Kier alpha value is -0.210. The molecule has 0 bridgehead atoms. The monoisotopic (exact) mass is 482 g/mol. The Bertz CT molecular complexity index is 826. The van der Waals surface area contributed by atoms with Crippen molar-refractivity contribution in [2.45, 2.75) is 77.4 Å². The van der Waals surface area contributed by atoms with Crippen LogP contribution in [0.2, 0.25) is 0 Å². The van der Waals surface area contributed by atoms with E-state index in [-0.39, 0.29) is 40.5 Å². The molecule has 0 aromatic rings. The number of aliphatic hydroxyl groups excluding tert-OH is 1. The smallest absolute Gasteiger partial charge is 0.175 e. The van der Waals surface area contributed by atoms with Gasteiger partial charge in [0.2, 0.25) is 0 Å². The average molecular weight is 483 g/mol. The van der Waals surface area contributed by atoms with Crippen LogP contribution in [-0.4, -0.2) is 48.5 Å². The average Bonchev–Trinajstić information content (AvgIpc) is 2.98. The van der Waals surface area contributed by atoms with Gasteiger partial charge in [-0.3, -0.25) is 9.59 Å². The molecule has 3 fully saturated rings. The molecule has 4 rings (SSSR count). The van der Waals surface area contributed by atoms with E-state index in [1.807, 2.05) is 19.9 Å². The van der Waals surface area contributed by atoms with Crippen LogP contribution in [0.1, 0.15) is 65.7 Å². The second-order valence-electron chi connectivity index (χ2n) is 10.4. The number of carbonyl (C=O) groups excluding carboxylic acids is 2. The number of carbonyl (C=O) groups is 2. The molecule has 0 spiro atoms. The zero-order valence-electron chi connectivity index (χ0n) is 18.7. The van der Waals surface area contributed by atoms with Gasteiger partial charge in [0.05, 0.1) is 11.9 Å². The molecule has 2 N–H and O–H groups in total. The molecule has 7 atom stereocenters. The van der Waals surface area contributed by atoms with Crippen LogP contribution in [0.15, 0.2) is 11.6 Å². The number of hydrogen-bond donors (Lipinski definition) is 2. The first-order valence-corrected chi connectivity index (χ1v) is 13.9. The van der Waals surface area contributed by atoms with Gasteiger partial charge in [-0.1, -0.05) is 50.3 Å². The molecular weight excluding hydrogens is 448 g/mol. The van der Waals surface area contributed by atoms with Crippen LogP contribution >= 0.6 is 35.7 Å². The molecule has 4 aliphatic carbocycles. The van der Waals surface area contributed by atoms with Gasteiger partial charge >= 0.3 is 0 Å². The number of allylic oxidation sites excluding steroid dienone is 1. The first kappa shape index (κ1) is 23.9. The third-order valence-electron chi connectivity index (χ3n) is 9.09. The first-order chi connectivity index (χ1) is 14.6. The molecule has 0 amide bonds. The van der Waals surface area contributed by atoms with Gasteiger partial charge in [-0.05, 0) is 73.5 Å². The predicted octanol–water partition coefficient (Wildman–Crippen LogP) is 4.56. The van der Waals surface area contributed by atoms with E-state index >= 15 is 0 Å². The third kappa shape index (κ3) is 3.71. The number of ketones is 2. The van der Waals surface area contributed by atoms with Crippen LogP contribution < -0.4 is 0 Å². The van der Waals surface area contributed by atoms with E-state index < -0.39 is 17.1 Å². The fourth-order valence-electron chi connectivity index (χ4n) is 7.55. The summed E-state index contributed by atoms with van der Waals surface area (Å²) < 4.78 is 0.745. The number of Topliss-reactive ketones (excluding diaryl/α,β-unsaturated/α-hetero) is 1. The minimum atomic E-state index is -1.40. The van der Waals surface area contributed by atoms with E-state index in [0.29, 0.717) is 19.3 Å². The van der Waals surface area contributed by atoms with E-state index in [9.17, 15) is 19.8 Å². The summed E-state index contributed by atoms with van der Waals surface area (Å²) in [5.74, 6) is 1.72. The van der Waals surface area contributed by atoms with E-state index in [0.717, 1.165) is 35.0 Å². The molecular formula is C24H34O4S3. The molecule has 172 valence electrons. The maximum atomic E-state index is 13.3. The highest BCUT2D eigenvalue weighted by molar-refractivity contribution is 8.47. The fraction of sp³-hybridized carbons (Fsp3) is 0.792. The molecule has 0 radical (unpaired) electrons. The van der Waals surface area contributed by atoms with Crippen molar-refractivity contribution in [3.8, 4) is 0 Å². The van der Waals surface area contributed by atoms with Gasteiger partial charge in [-0.15, -0.1) is 11.8 Å². The number of thioether (sulfide) groups is 2. The standard InChI is InChI=1S/C24H34O4S3/c1-4-30-21(29)31-13-19(27)24(28)10-8-17-16-6-5-14-11-15(25)7-9-22(14,2)20(16)18(26)12-23(17,24)3/h11,16-18,20,26,28H,4-10,12-13H2,1-3H3. The summed E-state index contributed by atoms with van der Waals surface area (Å²) in [6.07, 6.45) is 6.14. The molecule has 7 unspecified atom stereocenters. The van der Waals surface area contributed by atoms with Gasteiger partial charge in [-0.2, -0.15) is 0 Å². The first-order valence-electron chi connectivity index (χ1n) is 11.5. The Labute approximate surface area is 199 Å². The second-order valence-corrected chi connectivity index (χ2v) is 13.8. The highest BCUT2D eigenvalue weighted by Crippen LogP contribution is 2.67. The molecule has 7 heteroatoms. The third-order valence-corrected chi connectivity index (χ3v) is 11.7. The molecule has 31 heavy (non-hydrogen) atoms. The summed E-state index contributed by atoms with van der Waals surface area (Å²) in [7, 11) is 0. The zero-order valence-corrected chi connectivity index (χ0v) is 21.1. The Morgan fingerprint density at radius 1 is 1.23 bits per heavy atom. The van der Waals surface area contributed by atoms with Crippen LogP contribution in [0.5, 0.6) is 0 Å². The predicted molar refractivity (Wildman–Crippen MR) is 131 cm³/mol. The van der Waals surface area contributed by atoms with Crippen LogP contribution in [0.3, 0.4) is 0 Å². The largest absolute Gasteiger partial charge is 0.393 e. The number of aliphatic hydroxyl groups is 2. The topological polar surface area (TPSA) is 74.6 Å². The summed E-state index contributed by atoms with van der Waals surface area (Å²) in [4.78, 5) is 25.3. The van der Waals surface area contributed by atoms with E-state index in [1.54, 1.807) is 11.8 Å². The van der Waals surface area contributed by atoms with Crippen molar-refractivity contribution in [2.24, 2.45) is 28.6 Å². The van der Waals surface area contributed by atoms with Gasteiger partial charge in [0, 0.05) is 11.8 Å². The van der Waals surface area contributed by atoms with E-state index in [1.165, 1.54) is 17.3 Å². The number of thiocarbonyl (C=S) groups is 1. The molecule has 0 saturated heterocycles. The van der Waals surface area contributed by atoms with Gasteiger partial charge < -0.3 is 10.2 Å². The van der Waals surface area contributed by atoms with Crippen molar-refractivity contribution in [1.29, 1.82) is 0 Å². The van der Waals surface area contributed by atoms with Crippen LogP contribution in [0, 0.1) is 28.6 Å². The SMILES string of the molecule is CCSC(=S)SCC(=O)C1(O)CCC2C3CCC4=CC(=O)CCC4(C)C3C(O)CC21C. The van der Waals surface area contributed by atoms with E-state index in [2.05, 4.69) is 6.92 Å². The lowest BCUT2D eigenvalue weighted by Gasteiger charge is -2.60. The van der Waals surface area contributed by atoms with Crippen molar-refractivity contribution in [2.75, 3.05) is 11.5 Å². The van der Waals surface area contributed by atoms with Crippen LogP contribution in [-0.2, 0) is 9.59 Å². The summed E-state index contributed by atoms with van der Waals surface area (Å²) in [5, 5.41) is 23.1. The Morgan fingerprint density at radius 3 is 2.68 bits per heavy atom. The van der Waals surface area contributed by atoms with Crippen molar-refractivity contribution >= 4 is 50.8 Å². The normalized spacial score (nSPS) is 44.2. The van der Waals surface area contributed by atoms with Gasteiger partial charge in [0.25, 0.3) is 0 Å². The van der Waals surface area contributed by atoms with Gasteiger partial charge in [0.15, 0.2) is 11.6 Å². The maximum absolute atomic E-state index is 13.3. The van der Waals surface area contributed by atoms with Crippen molar-refractivity contribution in [1.82, 2.24) is 0 Å². The Morgan fingerprint density at radius 2 is 1.97 bits per heavy atom. The minimum Gasteiger partial charge on any atom is -0.393 e. The summed E-state index contributed by atoms with van der Waals surface area (Å²) in [6.45, 7) is 6.29. The van der Waals surface area contributed by atoms with Crippen molar-refractivity contribution in [3.63, 3.8) is 0 Å². The zero-order chi connectivity index (χ0) is 22.6. The van der Waals surface area contributed by atoms with Crippen molar-refractivity contribution in [3.05, 3.63) is 11.6 Å². The maximum Gasteiger partial charge on any atom is 0.175 e. The quantitative estimate of drug-likeness (QED) is 0.569. The van der Waals surface area contributed by atoms with Gasteiger partial charge in [-0.25, -0.2) is 0 Å². The minimum absolute atomic E-state index is 0.0963. The molecule has 4 aliphatic rings. The number of fused-ring (bicyclic) bond motifs is 5. The molecule has 0 aliphatic heterocycles.